The highest BCUT2D eigenvalue weighted by molar-refractivity contribution is 5.94. The number of hydrogen-bond acceptors (Lipinski definition) is 3. The summed E-state index contributed by atoms with van der Waals surface area (Å²) in [4.78, 5) is 15.2. The van der Waals surface area contributed by atoms with Gasteiger partial charge in [0.25, 0.3) is 5.91 Å². The number of halogens is 1. The fourth-order valence-corrected chi connectivity index (χ4v) is 2.08. The van der Waals surface area contributed by atoms with Crippen LogP contribution in [-0.4, -0.2) is 28.1 Å². The Bertz CT molecular complexity index is 411. The van der Waals surface area contributed by atoms with Crippen molar-refractivity contribution < 1.29 is 14.3 Å². The van der Waals surface area contributed by atoms with E-state index in [4.69, 9.17) is 0 Å². The number of nitrogens with one attached hydrogen (secondary N) is 1. The second-order valence-electron chi connectivity index (χ2n) is 4.30. The number of hydrogen-bond donors (Lipinski definition) is 2. The van der Waals surface area contributed by atoms with Crippen LogP contribution in [0.2, 0.25) is 0 Å². The van der Waals surface area contributed by atoms with E-state index in [2.05, 4.69) is 10.3 Å². The maximum absolute atomic E-state index is 12.8. The van der Waals surface area contributed by atoms with Gasteiger partial charge in [0.2, 0.25) is 5.95 Å². The molecule has 2 N–H and O–H groups in total. The standard InChI is InChI=1S/C12H15FN2O2/c13-11-7-8(5-6-14-11)12(17)15-9-3-1-2-4-10(9)16/h5-7,9-10,16H,1-4H2,(H,15,17)/t9-,10-/m0/s1. The van der Waals surface area contributed by atoms with Crippen molar-refractivity contribution in [1.29, 1.82) is 0 Å². The molecule has 4 nitrogen and oxygen atoms in total. The molecule has 0 spiro atoms. The lowest BCUT2D eigenvalue weighted by molar-refractivity contribution is 0.0717. The minimum atomic E-state index is -0.679. The van der Waals surface area contributed by atoms with Crippen molar-refractivity contribution in [2.24, 2.45) is 0 Å². The van der Waals surface area contributed by atoms with E-state index in [9.17, 15) is 14.3 Å². The highest BCUT2D eigenvalue weighted by Gasteiger charge is 2.24. The van der Waals surface area contributed by atoms with Crippen LogP contribution in [0.25, 0.3) is 0 Å². The van der Waals surface area contributed by atoms with Gasteiger partial charge in [0.1, 0.15) is 0 Å². The Morgan fingerprint density at radius 1 is 1.47 bits per heavy atom. The fourth-order valence-electron chi connectivity index (χ4n) is 2.08. The molecule has 0 saturated heterocycles. The Morgan fingerprint density at radius 3 is 2.94 bits per heavy atom. The summed E-state index contributed by atoms with van der Waals surface area (Å²) in [6.07, 6.45) is 4.20. The highest BCUT2D eigenvalue weighted by atomic mass is 19.1. The molecule has 5 heteroatoms. The summed E-state index contributed by atoms with van der Waals surface area (Å²) in [5, 5.41) is 12.4. The van der Waals surface area contributed by atoms with Crippen LogP contribution in [-0.2, 0) is 0 Å². The SMILES string of the molecule is O=C(N[C@H]1CCCC[C@@H]1O)c1ccnc(F)c1. The summed E-state index contributed by atoms with van der Waals surface area (Å²) in [6.45, 7) is 0. The molecule has 1 aliphatic carbocycles. The average Bonchev–Trinajstić information content (AvgIpc) is 2.32. The molecule has 17 heavy (non-hydrogen) atoms. The lowest BCUT2D eigenvalue weighted by Gasteiger charge is -2.28. The first-order valence-corrected chi connectivity index (χ1v) is 5.77. The number of aliphatic hydroxyl groups excluding tert-OH is 1. The summed E-state index contributed by atoms with van der Waals surface area (Å²) in [7, 11) is 0. The van der Waals surface area contributed by atoms with Gasteiger partial charge in [0, 0.05) is 17.8 Å². The highest BCUT2D eigenvalue weighted by Crippen LogP contribution is 2.18. The van der Waals surface area contributed by atoms with Gasteiger partial charge in [-0.1, -0.05) is 12.8 Å². The number of amides is 1. The predicted molar refractivity (Wildman–Crippen MR) is 59.9 cm³/mol. The van der Waals surface area contributed by atoms with Gasteiger partial charge in [-0.25, -0.2) is 4.98 Å². The molecule has 0 aromatic carbocycles. The molecule has 1 aromatic heterocycles. The molecule has 1 aromatic rings. The molecular formula is C12H15FN2O2. The molecule has 0 radical (unpaired) electrons. The van der Waals surface area contributed by atoms with E-state index in [0.717, 1.165) is 25.3 Å². The van der Waals surface area contributed by atoms with Crippen LogP contribution in [0.15, 0.2) is 18.3 Å². The molecular weight excluding hydrogens is 223 g/mol. The third-order valence-electron chi connectivity index (χ3n) is 3.03. The molecule has 1 aliphatic rings. The Morgan fingerprint density at radius 2 is 2.24 bits per heavy atom. The normalized spacial score (nSPS) is 24.4. The number of pyridine rings is 1. The Labute approximate surface area is 98.9 Å². The molecule has 0 bridgehead atoms. The van der Waals surface area contributed by atoms with E-state index in [1.54, 1.807) is 0 Å². The molecule has 1 fully saturated rings. The Hall–Kier alpha value is -1.49. The van der Waals surface area contributed by atoms with Crippen LogP contribution in [0.5, 0.6) is 0 Å². The molecule has 1 heterocycles. The van der Waals surface area contributed by atoms with Gasteiger partial charge < -0.3 is 10.4 Å². The second kappa shape index (κ2) is 5.23. The Balaban J connectivity index is 2.01. The maximum Gasteiger partial charge on any atom is 0.251 e. The van der Waals surface area contributed by atoms with Crippen LogP contribution in [0, 0.1) is 5.95 Å². The molecule has 2 rings (SSSR count). The van der Waals surface area contributed by atoms with Crippen molar-refractivity contribution in [3.8, 4) is 0 Å². The summed E-state index contributed by atoms with van der Waals surface area (Å²) in [6, 6.07) is 2.31. The van der Waals surface area contributed by atoms with Crippen LogP contribution in [0.1, 0.15) is 36.0 Å². The van der Waals surface area contributed by atoms with Crippen molar-refractivity contribution in [1.82, 2.24) is 10.3 Å². The lowest BCUT2D eigenvalue weighted by atomic mass is 9.92. The van der Waals surface area contributed by atoms with Crippen LogP contribution >= 0.6 is 0 Å². The van der Waals surface area contributed by atoms with E-state index < -0.39 is 12.1 Å². The molecule has 2 atom stereocenters. The minimum absolute atomic E-state index is 0.229. The second-order valence-corrected chi connectivity index (χ2v) is 4.30. The van der Waals surface area contributed by atoms with Gasteiger partial charge >= 0.3 is 0 Å². The summed E-state index contributed by atoms with van der Waals surface area (Å²) in [5.74, 6) is -1.04. The van der Waals surface area contributed by atoms with Gasteiger partial charge in [-0.15, -0.1) is 0 Å². The van der Waals surface area contributed by atoms with Crippen molar-refractivity contribution in [2.75, 3.05) is 0 Å². The smallest absolute Gasteiger partial charge is 0.251 e. The average molecular weight is 238 g/mol. The monoisotopic (exact) mass is 238 g/mol. The number of nitrogens with zero attached hydrogens (tertiary/aromatic N) is 1. The first-order chi connectivity index (χ1) is 8.16. The largest absolute Gasteiger partial charge is 0.391 e. The molecule has 0 unspecified atom stereocenters. The Kier molecular flexibility index (Phi) is 3.68. The van der Waals surface area contributed by atoms with E-state index in [0.29, 0.717) is 6.42 Å². The fraction of sp³-hybridized carbons (Fsp3) is 0.500. The number of aromatic nitrogens is 1. The topological polar surface area (TPSA) is 62.2 Å². The van der Waals surface area contributed by atoms with Crippen LogP contribution < -0.4 is 5.32 Å². The summed E-state index contributed by atoms with van der Waals surface area (Å²) in [5.41, 5.74) is 0.232. The zero-order chi connectivity index (χ0) is 12.3. The van der Waals surface area contributed by atoms with Crippen LogP contribution in [0.3, 0.4) is 0 Å². The van der Waals surface area contributed by atoms with Gasteiger partial charge in [-0.2, -0.15) is 4.39 Å². The molecule has 1 saturated carbocycles. The number of carbonyl (C=O) groups excluding carboxylic acids is 1. The van der Waals surface area contributed by atoms with Gasteiger partial charge in [-0.05, 0) is 18.9 Å². The summed E-state index contributed by atoms with van der Waals surface area (Å²) < 4.78 is 12.8. The zero-order valence-electron chi connectivity index (χ0n) is 9.40. The van der Waals surface area contributed by atoms with E-state index in [1.807, 2.05) is 0 Å². The quantitative estimate of drug-likeness (QED) is 0.762. The minimum Gasteiger partial charge on any atom is -0.391 e. The maximum atomic E-state index is 12.8. The van der Waals surface area contributed by atoms with Gasteiger partial charge in [-0.3, -0.25) is 4.79 Å². The van der Waals surface area contributed by atoms with E-state index in [1.165, 1.54) is 12.3 Å². The predicted octanol–water partition coefficient (Wildman–Crippen LogP) is 1.25. The van der Waals surface area contributed by atoms with Crippen molar-refractivity contribution in [3.05, 3.63) is 29.8 Å². The van der Waals surface area contributed by atoms with Crippen molar-refractivity contribution in [3.63, 3.8) is 0 Å². The lowest BCUT2D eigenvalue weighted by Crippen LogP contribution is -2.45. The van der Waals surface area contributed by atoms with Crippen molar-refractivity contribution in [2.45, 2.75) is 37.8 Å². The first-order valence-electron chi connectivity index (χ1n) is 5.77. The first kappa shape index (κ1) is 12.0. The number of rotatable bonds is 2. The van der Waals surface area contributed by atoms with Gasteiger partial charge in [0.05, 0.1) is 12.1 Å². The number of aliphatic hydroxyl groups is 1. The van der Waals surface area contributed by atoms with Gasteiger partial charge in [0.15, 0.2) is 0 Å². The molecule has 0 aliphatic heterocycles. The summed E-state index contributed by atoms with van der Waals surface area (Å²) >= 11 is 0. The third kappa shape index (κ3) is 3.00. The molecule has 92 valence electrons. The van der Waals surface area contributed by atoms with E-state index in [-0.39, 0.29) is 17.5 Å². The van der Waals surface area contributed by atoms with Crippen LogP contribution in [0.4, 0.5) is 4.39 Å². The van der Waals surface area contributed by atoms with Crippen molar-refractivity contribution >= 4 is 5.91 Å². The molecule has 1 amide bonds. The number of carbonyl (C=O) groups is 1. The van der Waals surface area contributed by atoms with E-state index >= 15 is 0 Å². The zero-order valence-corrected chi connectivity index (χ0v) is 9.40. The third-order valence-corrected chi connectivity index (χ3v) is 3.03.